The molecule has 1 N–H and O–H groups in total. The number of nitrogens with zero attached hydrogens (tertiary/aromatic N) is 3. The van der Waals surface area contributed by atoms with Crippen molar-refractivity contribution in [3.63, 3.8) is 0 Å². The predicted octanol–water partition coefficient (Wildman–Crippen LogP) is 0.936. The van der Waals surface area contributed by atoms with Crippen molar-refractivity contribution >= 4 is 29.2 Å². The number of benzene rings is 1. The van der Waals surface area contributed by atoms with Crippen LogP contribution in [0.5, 0.6) is 5.75 Å². The van der Waals surface area contributed by atoms with E-state index >= 15 is 0 Å². The number of fused-ring (bicyclic) bond motifs is 1. The highest BCUT2D eigenvalue weighted by Crippen LogP contribution is 2.36. The van der Waals surface area contributed by atoms with E-state index in [0.717, 1.165) is 5.69 Å². The van der Waals surface area contributed by atoms with E-state index in [2.05, 4.69) is 10.5 Å². The number of amidine groups is 1. The van der Waals surface area contributed by atoms with Gasteiger partial charge in [0, 0.05) is 20.0 Å². The molecule has 3 rings (SSSR count). The molecule has 25 heavy (non-hydrogen) atoms. The van der Waals surface area contributed by atoms with E-state index in [9.17, 15) is 9.59 Å². The topological polar surface area (TPSA) is 92.7 Å². The van der Waals surface area contributed by atoms with Crippen molar-refractivity contribution in [2.45, 2.75) is 13.0 Å². The molecule has 2 heterocycles. The van der Waals surface area contributed by atoms with Gasteiger partial charge in [-0.25, -0.2) is 4.79 Å². The zero-order chi connectivity index (χ0) is 18.0. The summed E-state index contributed by atoms with van der Waals surface area (Å²) in [5.74, 6) is 1.14. The molecule has 1 fully saturated rings. The number of ether oxygens (including phenoxy) is 2. The van der Waals surface area contributed by atoms with Gasteiger partial charge in [0.05, 0.1) is 24.5 Å². The number of likely N-dealkylation sites (N-methyl/N-ethyl adjacent to an activating group) is 1. The van der Waals surface area contributed by atoms with Gasteiger partial charge in [0.2, 0.25) is 5.91 Å². The van der Waals surface area contributed by atoms with Gasteiger partial charge in [-0.1, -0.05) is 5.16 Å². The maximum Gasteiger partial charge on any atom is 0.414 e. The molecule has 9 heteroatoms. The summed E-state index contributed by atoms with van der Waals surface area (Å²) in [5.41, 5.74) is 1.50. The molecule has 0 spiro atoms. The minimum absolute atomic E-state index is 0.159. The molecule has 1 aromatic rings. The molecule has 0 unspecified atom stereocenters. The van der Waals surface area contributed by atoms with Gasteiger partial charge in [0.15, 0.2) is 5.84 Å². The highest BCUT2D eigenvalue weighted by atomic mass is 16.6. The van der Waals surface area contributed by atoms with Gasteiger partial charge in [0.25, 0.3) is 0 Å². The van der Waals surface area contributed by atoms with E-state index in [-0.39, 0.29) is 18.6 Å². The Morgan fingerprint density at radius 1 is 1.48 bits per heavy atom. The number of nitrogens with one attached hydrogen (secondary N) is 1. The van der Waals surface area contributed by atoms with Crippen molar-refractivity contribution in [3.05, 3.63) is 18.2 Å². The Kier molecular flexibility index (Phi) is 4.64. The Morgan fingerprint density at radius 3 is 3.00 bits per heavy atom. The molecule has 0 saturated carbocycles. The maximum absolute atomic E-state index is 12.1. The molecule has 1 aromatic carbocycles. The van der Waals surface area contributed by atoms with Crippen LogP contribution in [-0.2, 0) is 14.4 Å². The molecular weight excluding hydrogens is 328 g/mol. The average Bonchev–Trinajstić information content (AvgIpc) is 2.96. The van der Waals surface area contributed by atoms with Gasteiger partial charge < -0.3 is 24.5 Å². The maximum atomic E-state index is 12.1. The molecule has 0 aliphatic carbocycles. The second-order valence-electron chi connectivity index (χ2n) is 5.74. The molecular formula is C16H20N4O5. The molecule has 0 bridgehead atoms. The van der Waals surface area contributed by atoms with E-state index in [4.69, 9.17) is 14.3 Å². The van der Waals surface area contributed by atoms with Crippen molar-refractivity contribution in [2.75, 3.05) is 43.7 Å². The minimum Gasteiger partial charge on any atom is -0.483 e. The lowest BCUT2D eigenvalue weighted by molar-refractivity contribution is -0.119. The molecule has 9 nitrogen and oxygen atoms in total. The van der Waals surface area contributed by atoms with Crippen LogP contribution >= 0.6 is 0 Å². The Bertz CT molecular complexity index is 720. The number of oxime groups is 1. The molecule has 1 saturated heterocycles. The van der Waals surface area contributed by atoms with Crippen LogP contribution in [0, 0.1) is 0 Å². The number of hydrogen-bond donors (Lipinski definition) is 1. The summed E-state index contributed by atoms with van der Waals surface area (Å²) in [6.07, 6.45) is -0.822. The van der Waals surface area contributed by atoms with E-state index in [1.807, 2.05) is 24.1 Å². The third-order valence-electron chi connectivity index (χ3n) is 4.01. The second kappa shape index (κ2) is 6.88. The number of anilines is 2. The zero-order valence-corrected chi connectivity index (χ0v) is 14.3. The van der Waals surface area contributed by atoms with Gasteiger partial charge in [-0.2, -0.15) is 0 Å². The predicted molar refractivity (Wildman–Crippen MR) is 91.1 cm³/mol. The SMILES string of the molecule is CON=C1COc2cc(N3C[C@H](CNC(C)=O)OC3=O)ccc2N1C. The Labute approximate surface area is 145 Å². The Morgan fingerprint density at radius 2 is 2.28 bits per heavy atom. The van der Waals surface area contributed by atoms with Crippen molar-refractivity contribution in [1.82, 2.24) is 5.32 Å². The normalized spacial score (nSPS) is 20.8. The van der Waals surface area contributed by atoms with Gasteiger partial charge in [-0.05, 0) is 12.1 Å². The summed E-state index contributed by atoms with van der Waals surface area (Å²) in [6, 6.07) is 5.46. The first-order valence-corrected chi connectivity index (χ1v) is 7.82. The standard InChI is InChI=1S/C16H20N4O5/c1-10(21)17-7-12-8-20(16(22)25-12)11-4-5-13-14(6-11)24-9-15(18-23-3)19(13)2/h4-6,12H,7-9H2,1-3H3,(H,17,21)/t12-/m0/s1. The number of rotatable bonds is 4. The number of hydrogen-bond acceptors (Lipinski definition) is 6. The van der Waals surface area contributed by atoms with E-state index in [1.54, 1.807) is 6.07 Å². The van der Waals surface area contributed by atoms with Crippen LogP contribution in [0.4, 0.5) is 16.2 Å². The first kappa shape index (κ1) is 16.9. The van der Waals surface area contributed by atoms with Crippen LogP contribution in [0.3, 0.4) is 0 Å². The fourth-order valence-corrected chi connectivity index (χ4v) is 2.73. The monoisotopic (exact) mass is 348 g/mol. The zero-order valence-electron chi connectivity index (χ0n) is 14.3. The smallest absolute Gasteiger partial charge is 0.414 e. The van der Waals surface area contributed by atoms with Crippen LogP contribution in [-0.4, -0.2) is 57.8 Å². The summed E-state index contributed by atoms with van der Waals surface area (Å²) >= 11 is 0. The Hall–Kier alpha value is -2.97. The second-order valence-corrected chi connectivity index (χ2v) is 5.74. The van der Waals surface area contributed by atoms with Crippen LogP contribution in [0.25, 0.3) is 0 Å². The van der Waals surface area contributed by atoms with E-state index in [1.165, 1.54) is 18.9 Å². The first-order chi connectivity index (χ1) is 12.0. The fraction of sp³-hybridized carbons (Fsp3) is 0.438. The lowest BCUT2D eigenvalue weighted by Crippen LogP contribution is -2.36. The summed E-state index contributed by atoms with van der Waals surface area (Å²) in [4.78, 5) is 31.3. The van der Waals surface area contributed by atoms with Crippen LogP contribution < -0.4 is 19.9 Å². The highest BCUT2D eigenvalue weighted by molar-refractivity contribution is 6.01. The molecule has 2 aliphatic rings. The molecule has 2 aliphatic heterocycles. The Balaban J connectivity index is 1.76. The molecule has 0 aromatic heterocycles. The van der Waals surface area contributed by atoms with Gasteiger partial charge in [0.1, 0.15) is 25.6 Å². The first-order valence-electron chi connectivity index (χ1n) is 7.82. The minimum atomic E-state index is -0.443. The lowest BCUT2D eigenvalue weighted by atomic mass is 10.2. The van der Waals surface area contributed by atoms with E-state index in [0.29, 0.717) is 30.4 Å². The van der Waals surface area contributed by atoms with Crippen molar-refractivity contribution in [2.24, 2.45) is 5.16 Å². The van der Waals surface area contributed by atoms with Gasteiger partial charge in [-0.15, -0.1) is 0 Å². The van der Waals surface area contributed by atoms with Crippen LogP contribution in [0.1, 0.15) is 6.92 Å². The quantitative estimate of drug-likeness (QED) is 0.814. The summed E-state index contributed by atoms with van der Waals surface area (Å²) in [5, 5.41) is 6.57. The molecule has 2 amide bonds. The highest BCUT2D eigenvalue weighted by Gasteiger charge is 2.33. The molecule has 1 atom stereocenters. The number of carbonyl (C=O) groups excluding carboxylic acids is 2. The average molecular weight is 348 g/mol. The number of amides is 2. The van der Waals surface area contributed by atoms with Crippen LogP contribution in [0.2, 0.25) is 0 Å². The number of cyclic esters (lactones) is 1. The molecule has 134 valence electrons. The lowest BCUT2D eigenvalue weighted by Gasteiger charge is -2.29. The van der Waals surface area contributed by atoms with Crippen LogP contribution in [0.15, 0.2) is 23.4 Å². The molecule has 0 radical (unpaired) electrons. The third-order valence-corrected chi connectivity index (χ3v) is 4.01. The van der Waals surface area contributed by atoms with Crippen molar-refractivity contribution in [3.8, 4) is 5.75 Å². The van der Waals surface area contributed by atoms with Gasteiger partial charge >= 0.3 is 6.09 Å². The third kappa shape index (κ3) is 3.44. The summed E-state index contributed by atoms with van der Waals surface area (Å²) in [7, 11) is 3.35. The fourth-order valence-electron chi connectivity index (χ4n) is 2.73. The van der Waals surface area contributed by atoms with Crippen molar-refractivity contribution in [1.29, 1.82) is 0 Å². The van der Waals surface area contributed by atoms with Gasteiger partial charge in [-0.3, -0.25) is 9.69 Å². The van der Waals surface area contributed by atoms with E-state index < -0.39 is 6.09 Å². The number of carbonyl (C=O) groups is 2. The van der Waals surface area contributed by atoms with Crippen molar-refractivity contribution < 1.29 is 23.9 Å². The summed E-state index contributed by atoms with van der Waals surface area (Å²) in [6.45, 7) is 2.35. The summed E-state index contributed by atoms with van der Waals surface area (Å²) < 4.78 is 11.0. The largest absolute Gasteiger partial charge is 0.483 e.